The number of hydrogen-bond acceptors (Lipinski definition) is 5. The highest BCUT2D eigenvalue weighted by molar-refractivity contribution is 7.91. The number of amidine groups is 1. The molecule has 0 fully saturated rings. The van der Waals surface area contributed by atoms with E-state index in [0.717, 1.165) is 48.2 Å². The number of halogens is 6. The van der Waals surface area contributed by atoms with Gasteiger partial charge in [0.2, 0.25) is 5.91 Å². The maximum absolute atomic E-state index is 13.0. The van der Waals surface area contributed by atoms with Gasteiger partial charge in [-0.25, -0.2) is 13.4 Å². The van der Waals surface area contributed by atoms with E-state index in [0.29, 0.717) is 6.20 Å². The van der Waals surface area contributed by atoms with Gasteiger partial charge >= 0.3 is 12.4 Å². The summed E-state index contributed by atoms with van der Waals surface area (Å²) in [4.78, 5) is 24.4. The van der Waals surface area contributed by atoms with Gasteiger partial charge in [-0.1, -0.05) is 19.1 Å². The average molecular weight is 559 g/mol. The first-order chi connectivity index (χ1) is 17.5. The van der Waals surface area contributed by atoms with Crippen molar-refractivity contribution in [3.05, 3.63) is 71.7 Å². The summed E-state index contributed by atoms with van der Waals surface area (Å²) in [5.41, 5.74) is -1.79. The summed E-state index contributed by atoms with van der Waals surface area (Å²) in [7, 11) is -2.73. The van der Waals surface area contributed by atoms with E-state index in [1.165, 1.54) is 26.2 Å². The van der Waals surface area contributed by atoms with Gasteiger partial charge in [0.1, 0.15) is 11.5 Å². The quantitative estimate of drug-likeness (QED) is 0.237. The molecule has 202 valence electrons. The van der Waals surface area contributed by atoms with E-state index in [-0.39, 0.29) is 33.4 Å². The average Bonchev–Trinajstić information content (AvgIpc) is 2.85. The molecule has 3 rings (SSSR count). The van der Waals surface area contributed by atoms with Crippen LogP contribution in [0, 0.1) is 0 Å². The Morgan fingerprint density at radius 2 is 1.47 bits per heavy atom. The highest BCUT2D eigenvalue weighted by Gasteiger charge is 2.32. The van der Waals surface area contributed by atoms with Crippen LogP contribution in [0.4, 0.5) is 32.2 Å². The molecule has 0 bridgehead atoms. The van der Waals surface area contributed by atoms with Gasteiger partial charge in [0.25, 0.3) is 0 Å². The number of carbonyl (C=O) groups is 1. The molecule has 0 saturated carbocycles. The van der Waals surface area contributed by atoms with Crippen molar-refractivity contribution in [2.75, 3.05) is 17.7 Å². The minimum absolute atomic E-state index is 0.0912. The summed E-state index contributed by atoms with van der Waals surface area (Å²) >= 11 is 0. The maximum Gasteiger partial charge on any atom is 0.417 e. The molecule has 14 heteroatoms. The van der Waals surface area contributed by atoms with Gasteiger partial charge in [0.15, 0.2) is 15.7 Å². The van der Waals surface area contributed by atoms with Crippen molar-refractivity contribution < 1.29 is 39.6 Å². The van der Waals surface area contributed by atoms with Gasteiger partial charge < -0.3 is 4.90 Å². The fraction of sp³-hybridized carbons (Fsp3) is 0.250. The number of rotatable bonds is 5. The highest BCUT2D eigenvalue weighted by atomic mass is 32.2. The Labute approximate surface area is 213 Å². The number of sulfone groups is 1. The van der Waals surface area contributed by atoms with Gasteiger partial charge in [0, 0.05) is 31.9 Å². The van der Waals surface area contributed by atoms with Crippen LogP contribution in [0.2, 0.25) is 0 Å². The molecular weight excluding hydrogens is 538 g/mol. The van der Waals surface area contributed by atoms with E-state index in [9.17, 15) is 39.6 Å². The first-order valence-electron chi connectivity index (χ1n) is 10.8. The third kappa shape index (κ3) is 6.36. The highest BCUT2D eigenvalue weighted by Crippen LogP contribution is 2.33. The van der Waals surface area contributed by atoms with E-state index in [4.69, 9.17) is 0 Å². The van der Waals surface area contributed by atoms with Crippen molar-refractivity contribution >= 4 is 27.4 Å². The normalized spacial score (nSPS) is 12.9. The van der Waals surface area contributed by atoms with E-state index < -0.39 is 45.0 Å². The molecule has 7 nitrogen and oxygen atoms in total. The molecule has 0 aliphatic rings. The Kier molecular flexibility index (Phi) is 7.96. The number of aliphatic imine (C=N–C) groups is 1. The lowest BCUT2D eigenvalue weighted by molar-refractivity contribution is -0.138. The molecule has 1 amide bonds. The van der Waals surface area contributed by atoms with Crippen LogP contribution in [0.25, 0.3) is 11.1 Å². The zero-order chi connectivity index (χ0) is 28.5. The molecule has 2 heterocycles. The third-order valence-corrected chi connectivity index (χ3v) is 7.07. The molecule has 2 aromatic heterocycles. The molecule has 0 atom stereocenters. The van der Waals surface area contributed by atoms with Gasteiger partial charge in [-0.3, -0.25) is 9.78 Å². The Morgan fingerprint density at radius 1 is 0.895 bits per heavy atom. The fourth-order valence-electron chi connectivity index (χ4n) is 3.31. The zero-order valence-corrected chi connectivity index (χ0v) is 20.9. The van der Waals surface area contributed by atoms with E-state index in [1.54, 1.807) is 0 Å². The van der Waals surface area contributed by atoms with Crippen molar-refractivity contribution in [2.45, 2.75) is 31.1 Å². The summed E-state index contributed by atoms with van der Waals surface area (Å²) in [5, 5.41) is 0. The van der Waals surface area contributed by atoms with Gasteiger partial charge in [-0.05, 0) is 35.9 Å². The Bertz CT molecular complexity index is 1470. The molecule has 3 aromatic rings. The van der Waals surface area contributed by atoms with Crippen molar-refractivity contribution in [2.24, 2.45) is 4.99 Å². The molecule has 0 aliphatic carbocycles. The summed E-state index contributed by atoms with van der Waals surface area (Å²) in [6.07, 6.45) is -7.44. The van der Waals surface area contributed by atoms with Crippen LogP contribution >= 0.6 is 0 Å². The SMILES string of the molecule is CCS(=O)(=O)c1cc(-c2ccc(C(F)(F)F)cc2)cnc1C(=NC(C)=O)N(C)c1ccc(C(F)(F)F)cn1. The Hall–Kier alpha value is -3.81. The second kappa shape index (κ2) is 10.5. The van der Waals surface area contributed by atoms with Crippen molar-refractivity contribution in [3.8, 4) is 11.1 Å². The molecule has 0 N–H and O–H groups in total. The third-order valence-electron chi connectivity index (χ3n) is 5.33. The van der Waals surface area contributed by atoms with E-state index >= 15 is 0 Å². The first kappa shape index (κ1) is 28.8. The second-order valence-electron chi connectivity index (χ2n) is 7.97. The topological polar surface area (TPSA) is 92.6 Å². The number of pyridine rings is 2. The Balaban J connectivity index is 2.16. The molecule has 0 saturated heterocycles. The number of hydrogen-bond donors (Lipinski definition) is 0. The van der Waals surface area contributed by atoms with Crippen molar-refractivity contribution in [1.82, 2.24) is 9.97 Å². The summed E-state index contributed by atoms with van der Waals surface area (Å²) in [6, 6.07) is 6.95. The van der Waals surface area contributed by atoms with Gasteiger partial charge in [-0.15, -0.1) is 0 Å². The fourth-order valence-corrected chi connectivity index (χ4v) is 4.37. The number of carbonyl (C=O) groups excluding carboxylic acids is 1. The number of nitrogens with zero attached hydrogens (tertiary/aromatic N) is 4. The molecule has 0 radical (unpaired) electrons. The molecule has 0 aliphatic heterocycles. The minimum Gasteiger partial charge on any atom is -0.312 e. The van der Waals surface area contributed by atoms with Crippen LogP contribution in [0.3, 0.4) is 0 Å². The van der Waals surface area contributed by atoms with Gasteiger partial charge in [0.05, 0.1) is 21.8 Å². The van der Waals surface area contributed by atoms with Crippen LogP contribution in [0.5, 0.6) is 0 Å². The lowest BCUT2D eigenvalue weighted by Crippen LogP contribution is -2.31. The molecular formula is C24H20F6N4O3S. The monoisotopic (exact) mass is 558 g/mol. The number of alkyl halides is 6. The predicted molar refractivity (Wildman–Crippen MR) is 127 cm³/mol. The number of aromatic nitrogens is 2. The summed E-state index contributed by atoms with van der Waals surface area (Å²) in [6.45, 7) is 2.44. The van der Waals surface area contributed by atoms with E-state index in [2.05, 4.69) is 15.0 Å². The zero-order valence-electron chi connectivity index (χ0n) is 20.1. The lowest BCUT2D eigenvalue weighted by Gasteiger charge is -2.22. The van der Waals surface area contributed by atoms with Gasteiger partial charge in [-0.2, -0.15) is 31.3 Å². The van der Waals surface area contributed by atoms with E-state index in [1.807, 2.05) is 0 Å². The van der Waals surface area contributed by atoms with Crippen LogP contribution in [-0.4, -0.2) is 42.9 Å². The molecule has 1 aromatic carbocycles. The van der Waals surface area contributed by atoms with Crippen LogP contribution in [0.1, 0.15) is 30.7 Å². The number of amides is 1. The maximum atomic E-state index is 13.0. The Morgan fingerprint density at radius 3 is 1.95 bits per heavy atom. The molecule has 0 unspecified atom stereocenters. The minimum atomic E-state index is -4.64. The standard InChI is InChI=1S/C24H20F6N4O3S/c1-4-38(36,37)19-11-16(15-5-7-17(8-6-15)23(25,26)27)12-32-21(19)22(33-14(2)35)34(3)20-10-9-18(13-31-20)24(28,29)30/h5-13H,4H2,1-3H3. The van der Waals surface area contributed by atoms with Crippen molar-refractivity contribution in [3.63, 3.8) is 0 Å². The van der Waals surface area contributed by atoms with Crippen LogP contribution in [-0.2, 0) is 27.0 Å². The van der Waals surface area contributed by atoms with Crippen molar-refractivity contribution in [1.29, 1.82) is 0 Å². The predicted octanol–water partition coefficient (Wildman–Crippen LogP) is 5.40. The smallest absolute Gasteiger partial charge is 0.312 e. The van der Waals surface area contributed by atoms with Crippen LogP contribution < -0.4 is 4.90 Å². The van der Waals surface area contributed by atoms with Crippen LogP contribution in [0.15, 0.2) is 64.7 Å². The lowest BCUT2D eigenvalue weighted by atomic mass is 10.0. The summed E-state index contributed by atoms with van der Waals surface area (Å²) < 4.78 is 104. The largest absolute Gasteiger partial charge is 0.417 e. The first-order valence-corrected chi connectivity index (χ1v) is 12.5. The molecule has 38 heavy (non-hydrogen) atoms. The number of benzene rings is 1. The number of anilines is 1. The molecule has 0 spiro atoms. The second-order valence-corrected chi connectivity index (χ2v) is 10.2. The summed E-state index contributed by atoms with van der Waals surface area (Å²) in [5.74, 6) is -1.55.